The molecule has 0 unspecified atom stereocenters. The molecule has 15 heavy (non-hydrogen) atoms. The van der Waals surface area contributed by atoms with Crippen LogP contribution in [-0.2, 0) is 12.6 Å². The number of hydrogen-bond acceptors (Lipinski definition) is 1. The van der Waals surface area contributed by atoms with Crippen molar-refractivity contribution in [3.05, 3.63) is 29.3 Å². The van der Waals surface area contributed by atoms with Crippen LogP contribution >= 0.6 is 0 Å². The quantitative estimate of drug-likeness (QED) is 0.661. The third-order valence-corrected chi connectivity index (χ3v) is 2.06. The van der Waals surface area contributed by atoms with Gasteiger partial charge < -0.3 is 0 Å². The van der Waals surface area contributed by atoms with Gasteiger partial charge in [0.25, 0.3) is 0 Å². The number of rotatable bonds is 2. The second-order valence-corrected chi connectivity index (χ2v) is 3.08. The molecule has 1 rings (SSSR count). The molecule has 0 N–H and O–H groups in total. The third kappa shape index (κ3) is 2.81. The topological polar surface area (TPSA) is 12.4 Å². The molecule has 0 saturated carbocycles. The van der Waals surface area contributed by atoms with Crippen LogP contribution in [0.4, 0.5) is 18.9 Å². The standard InChI is InChI=1S/C11H12F3N/c1-3-8-5-6-9(11(12,13)14)7-10(8)15-4-2/h4-7H,3H2,1-2H3. The van der Waals surface area contributed by atoms with Gasteiger partial charge in [-0.1, -0.05) is 13.0 Å². The second-order valence-electron chi connectivity index (χ2n) is 3.08. The normalized spacial score (nSPS) is 12.3. The summed E-state index contributed by atoms with van der Waals surface area (Å²) >= 11 is 0. The van der Waals surface area contributed by atoms with E-state index in [0.29, 0.717) is 12.1 Å². The summed E-state index contributed by atoms with van der Waals surface area (Å²) in [5, 5.41) is 0. The van der Waals surface area contributed by atoms with Crippen molar-refractivity contribution in [2.45, 2.75) is 26.4 Å². The van der Waals surface area contributed by atoms with Crippen molar-refractivity contribution < 1.29 is 13.2 Å². The molecule has 1 aromatic carbocycles. The highest BCUT2D eigenvalue weighted by Crippen LogP contribution is 2.33. The van der Waals surface area contributed by atoms with Crippen molar-refractivity contribution in [2.75, 3.05) is 0 Å². The summed E-state index contributed by atoms with van der Waals surface area (Å²) in [5.74, 6) is 0. The van der Waals surface area contributed by atoms with E-state index in [1.807, 2.05) is 6.92 Å². The molecule has 0 aliphatic rings. The number of aliphatic imine (C=N–C) groups is 1. The van der Waals surface area contributed by atoms with Crippen LogP contribution in [0.5, 0.6) is 0 Å². The van der Waals surface area contributed by atoms with E-state index in [1.54, 1.807) is 6.92 Å². The summed E-state index contributed by atoms with van der Waals surface area (Å²) in [6.45, 7) is 3.57. The molecule has 0 aliphatic carbocycles. The van der Waals surface area contributed by atoms with Gasteiger partial charge in [0.2, 0.25) is 0 Å². The Kier molecular flexibility index (Phi) is 3.50. The molecule has 82 valence electrons. The Morgan fingerprint density at radius 2 is 2.00 bits per heavy atom. The highest BCUT2D eigenvalue weighted by Gasteiger charge is 2.30. The molecule has 0 heterocycles. The summed E-state index contributed by atoms with van der Waals surface area (Å²) in [7, 11) is 0. The monoisotopic (exact) mass is 215 g/mol. The van der Waals surface area contributed by atoms with Crippen LogP contribution in [0.3, 0.4) is 0 Å². The lowest BCUT2D eigenvalue weighted by Gasteiger charge is -2.09. The first kappa shape index (κ1) is 11.8. The lowest BCUT2D eigenvalue weighted by atomic mass is 10.1. The Hall–Kier alpha value is -1.32. The maximum Gasteiger partial charge on any atom is 0.416 e. The maximum absolute atomic E-state index is 12.4. The molecule has 1 nitrogen and oxygen atoms in total. The van der Waals surface area contributed by atoms with E-state index in [4.69, 9.17) is 0 Å². The third-order valence-electron chi connectivity index (χ3n) is 2.06. The highest BCUT2D eigenvalue weighted by molar-refractivity contribution is 5.63. The zero-order valence-corrected chi connectivity index (χ0v) is 8.60. The van der Waals surface area contributed by atoms with Crippen LogP contribution in [0.15, 0.2) is 23.2 Å². The molecule has 1 aromatic rings. The summed E-state index contributed by atoms with van der Waals surface area (Å²) in [6.07, 6.45) is -2.14. The van der Waals surface area contributed by atoms with Crippen molar-refractivity contribution in [1.82, 2.24) is 0 Å². The van der Waals surface area contributed by atoms with Crippen molar-refractivity contribution >= 4 is 11.9 Å². The summed E-state index contributed by atoms with van der Waals surface area (Å²) in [6, 6.07) is 3.65. The van der Waals surface area contributed by atoms with Gasteiger partial charge in [-0.3, -0.25) is 4.99 Å². The second kappa shape index (κ2) is 4.47. The van der Waals surface area contributed by atoms with E-state index in [0.717, 1.165) is 17.7 Å². The number of halogens is 3. The minimum absolute atomic E-state index is 0.398. The molecule has 0 bridgehead atoms. The van der Waals surface area contributed by atoms with Gasteiger partial charge in [-0.25, -0.2) is 0 Å². The number of benzene rings is 1. The molecule has 4 heteroatoms. The molecule has 0 amide bonds. The summed E-state index contributed by atoms with van der Waals surface area (Å²) in [4.78, 5) is 3.93. The number of alkyl halides is 3. The molecule has 0 atom stereocenters. The summed E-state index contributed by atoms with van der Waals surface area (Å²) < 4.78 is 37.2. The maximum atomic E-state index is 12.4. The first-order valence-electron chi connectivity index (χ1n) is 4.67. The Balaban J connectivity index is 3.22. The fourth-order valence-corrected chi connectivity index (χ4v) is 1.30. The molecular weight excluding hydrogens is 203 g/mol. The van der Waals surface area contributed by atoms with Crippen molar-refractivity contribution in [2.24, 2.45) is 4.99 Å². The van der Waals surface area contributed by atoms with Gasteiger partial charge in [-0.15, -0.1) is 0 Å². The van der Waals surface area contributed by atoms with Gasteiger partial charge in [-0.05, 0) is 31.0 Å². The van der Waals surface area contributed by atoms with Crippen LogP contribution in [0.25, 0.3) is 0 Å². The predicted molar refractivity (Wildman–Crippen MR) is 54.6 cm³/mol. The van der Waals surface area contributed by atoms with E-state index in [-0.39, 0.29) is 0 Å². The van der Waals surface area contributed by atoms with Crippen LogP contribution in [0.1, 0.15) is 25.0 Å². The lowest BCUT2D eigenvalue weighted by molar-refractivity contribution is -0.137. The van der Waals surface area contributed by atoms with Crippen LogP contribution in [0, 0.1) is 0 Å². The minimum atomic E-state index is -4.30. The molecular formula is C11H12F3N. The van der Waals surface area contributed by atoms with Gasteiger partial charge in [-0.2, -0.15) is 13.2 Å². The largest absolute Gasteiger partial charge is 0.416 e. The molecule has 0 saturated heterocycles. The van der Waals surface area contributed by atoms with E-state index < -0.39 is 11.7 Å². The zero-order valence-electron chi connectivity index (χ0n) is 8.60. The summed E-state index contributed by atoms with van der Waals surface area (Å²) in [5.41, 5.74) is 0.566. The molecule has 0 aliphatic heterocycles. The van der Waals surface area contributed by atoms with Crippen LogP contribution in [0.2, 0.25) is 0 Å². The van der Waals surface area contributed by atoms with Crippen LogP contribution in [-0.4, -0.2) is 6.21 Å². The Labute approximate surface area is 86.6 Å². The minimum Gasteiger partial charge on any atom is -0.261 e. The van der Waals surface area contributed by atoms with Gasteiger partial charge in [0.05, 0.1) is 11.3 Å². The Bertz CT molecular complexity index is 367. The number of nitrogens with zero attached hydrogens (tertiary/aromatic N) is 1. The predicted octanol–water partition coefficient (Wildman–Crippen LogP) is 3.99. The fourth-order valence-electron chi connectivity index (χ4n) is 1.30. The van der Waals surface area contributed by atoms with Gasteiger partial charge in [0.15, 0.2) is 0 Å². The zero-order chi connectivity index (χ0) is 11.5. The number of aryl methyl sites for hydroxylation is 1. The van der Waals surface area contributed by atoms with E-state index in [9.17, 15) is 13.2 Å². The Morgan fingerprint density at radius 1 is 1.33 bits per heavy atom. The molecule has 0 aromatic heterocycles. The average Bonchev–Trinajstić information content (AvgIpc) is 2.17. The van der Waals surface area contributed by atoms with Gasteiger partial charge in [0.1, 0.15) is 0 Å². The Morgan fingerprint density at radius 3 is 2.47 bits per heavy atom. The molecule has 0 radical (unpaired) electrons. The lowest BCUT2D eigenvalue weighted by Crippen LogP contribution is -2.04. The van der Waals surface area contributed by atoms with Crippen LogP contribution < -0.4 is 0 Å². The fraction of sp³-hybridized carbons (Fsp3) is 0.364. The average molecular weight is 215 g/mol. The highest BCUT2D eigenvalue weighted by atomic mass is 19.4. The van der Waals surface area contributed by atoms with Crippen molar-refractivity contribution in [3.8, 4) is 0 Å². The molecule has 0 spiro atoms. The van der Waals surface area contributed by atoms with E-state index in [2.05, 4.69) is 4.99 Å². The van der Waals surface area contributed by atoms with E-state index >= 15 is 0 Å². The SMILES string of the molecule is CC=Nc1cc(C(F)(F)F)ccc1CC. The smallest absolute Gasteiger partial charge is 0.261 e. The van der Waals surface area contributed by atoms with Gasteiger partial charge >= 0.3 is 6.18 Å². The van der Waals surface area contributed by atoms with E-state index in [1.165, 1.54) is 12.3 Å². The number of hydrogen-bond donors (Lipinski definition) is 0. The van der Waals surface area contributed by atoms with Crippen molar-refractivity contribution in [1.29, 1.82) is 0 Å². The first-order chi connectivity index (χ1) is 6.99. The first-order valence-corrected chi connectivity index (χ1v) is 4.67. The molecule has 0 fully saturated rings. The van der Waals surface area contributed by atoms with Crippen molar-refractivity contribution in [3.63, 3.8) is 0 Å². The van der Waals surface area contributed by atoms with Gasteiger partial charge in [0, 0.05) is 6.21 Å².